The number of carbonyl (C=O) groups excluding carboxylic acids is 1. The molecule has 9 heteroatoms. The molecule has 0 radical (unpaired) electrons. The van der Waals surface area contributed by atoms with Crippen LogP contribution in [0.3, 0.4) is 0 Å². The van der Waals surface area contributed by atoms with Crippen LogP contribution in [0.1, 0.15) is 21.5 Å². The van der Waals surface area contributed by atoms with Crippen LogP contribution in [0.15, 0.2) is 83.0 Å². The highest BCUT2D eigenvalue weighted by Gasteiger charge is 2.35. The van der Waals surface area contributed by atoms with Gasteiger partial charge in [-0.15, -0.1) is 0 Å². The first-order valence-electron chi connectivity index (χ1n) is 9.10. The van der Waals surface area contributed by atoms with Crippen molar-refractivity contribution in [3.8, 4) is 11.5 Å². The SMILES string of the molecule is O=C(O)C(=Cc1ccc(Oc2ccccc2Br)cc1)NC(=O)c1ccccc1C(F)(F)F. The average molecular weight is 506 g/mol. The van der Waals surface area contributed by atoms with Gasteiger partial charge >= 0.3 is 12.1 Å². The summed E-state index contributed by atoms with van der Waals surface area (Å²) >= 11 is 3.37. The van der Waals surface area contributed by atoms with Gasteiger partial charge in [-0.25, -0.2) is 4.79 Å². The lowest BCUT2D eigenvalue weighted by atomic mass is 10.1. The molecule has 0 aliphatic heterocycles. The van der Waals surface area contributed by atoms with Crippen molar-refractivity contribution in [2.75, 3.05) is 0 Å². The number of hydrogen-bond donors (Lipinski definition) is 2. The molecule has 3 aromatic carbocycles. The average Bonchev–Trinajstić information content (AvgIpc) is 2.75. The molecule has 0 aliphatic rings. The smallest absolute Gasteiger partial charge is 0.417 e. The number of halogens is 4. The fourth-order valence-corrected chi connectivity index (χ4v) is 3.09. The number of alkyl halides is 3. The van der Waals surface area contributed by atoms with E-state index in [4.69, 9.17) is 4.74 Å². The molecule has 32 heavy (non-hydrogen) atoms. The van der Waals surface area contributed by atoms with Gasteiger partial charge in [-0.2, -0.15) is 13.2 Å². The van der Waals surface area contributed by atoms with E-state index in [1.807, 2.05) is 17.4 Å². The van der Waals surface area contributed by atoms with Crippen LogP contribution in [-0.4, -0.2) is 17.0 Å². The standard InChI is InChI=1S/C23H15BrF3NO4/c24-18-7-3-4-8-20(18)32-15-11-9-14(10-12-15)13-19(22(30)31)28-21(29)16-5-1-2-6-17(16)23(25,26)27/h1-13H,(H,28,29)(H,30,31). The molecule has 0 aliphatic carbocycles. The van der Waals surface area contributed by atoms with Gasteiger partial charge in [-0.05, 0) is 64.0 Å². The third kappa shape index (κ3) is 5.76. The second-order valence-corrected chi connectivity index (χ2v) is 7.32. The monoisotopic (exact) mass is 505 g/mol. The molecule has 0 heterocycles. The van der Waals surface area contributed by atoms with Crippen LogP contribution in [-0.2, 0) is 11.0 Å². The van der Waals surface area contributed by atoms with E-state index in [1.165, 1.54) is 6.07 Å². The Morgan fingerprint density at radius 3 is 2.19 bits per heavy atom. The molecule has 0 saturated carbocycles. The Labute approximate surface area is 189 Å². The Morgan fingerprint density at radius 2 is 1.56 bits per heavy atom. The number of para-hydroxylation sites is 1. The number of amides is 1. The van der Waals surface area contributed by atoms with Gasteiger partial charge in [0.05, 0.1) is 15.6 Å². The lowest BCUT2D eigenvalue weighted by Gasteiger charge is -2.13. The summed E-state index contributed by atoms with van der Waals surface area (Å²) in [6, 6.07) is 17.6. The van der Waals surface area contributed by atoms with Crippen LogP contribution < -0.4 is 10.1 Å². The van der Waals surface area contributed by atoms with Crippen LogP contribution >= 0.6 is 15.9 Å². The zero-order chi connectivity index (χ0) is 23.3. The van der Waals surface area contributed by atoms with Gasteiger partial charge in [0.1, 0.15) is 17.2 Å². The number of nitrogens with one attached hydrogen (secondary N) is 1. The predicted molar refractivity (Wildman–Crippen MR) is 115 cm³/mol. The van der Waals surface area contributed by atoms with E-state index in [9.17, 15) is 27.9 Å². The Bertz CT molecular complexity index is 1170. The first kappa shape index (κ1) is 23.1. The third-order valence-electron chi connectivity index (χ3n) is 4.21. The molecule has 0 aromatic heterocycles. The van der Waals surface area contributed by atoms with E-state index in [0.29, 0.717) is 17.1 Å². The third-order valence-corrected chi connectivity index (χ3v) is 4.87. The molecule has 5 nitrogen and oxygen atoms in total. The van der Waals surface area contributed by atoms with Crippen molar-refractivity contribution in [2.24, 2.45) is 0 Å². The molecule has 1 amide bonds. The number of ether oxygens (including phenoxy) is 1. The molecular weight excluding hydrogens is 491 g/mol. The van der Waals surface area contributed by atoms with Gasteiger partial charge in [-0.1, -0.05) is 36.4 Å². The second kappa shape index (κ2) is 9.69. The minimum absolute atomic E-state index is 0.395. The van der Waals surface area contributed by atoms with Gasteiger partial charge in [0.15, 0.2) is 0 Å². The molecule has 0 saturated heterocycles. The minimum atomic E-state index is -4.76. The largest absolute Gasteiger partial charge is 0.477 e. The maximum Gasteiger partial charge on any atom is 0.417 e. The van der Waals surface area contributed by atoms with Crippen molar-refractivity contribution >= 4 is 33.9 Å². The summed E-state index contributed by atoms with van der Waals surface area (Å²) in [5.74, 6) is -1.62. The summed E-state index contributed by atoms with van der Waals surface area (Å²) in [6.07, 6.45) is -3.62. The Kier molecular flexibility index (Phi) is 6.99. The summed E-state index contributed by atoms with van der Waals surface area (Å²) in [7, 11) is 0. The molecular formula is C23H15BrF3NO4. The molecule has 0 fully saturated rings. The Hall–Kier alpha value is -3.59. The number of carboxylic acids is 1. The van der Waals surface area contributed by atoms with Crippen molar-refractivity contribution in [3.05, 3.63) is 99.7 Å². The number of hydrogen-bond acceptors (Lipinski definition) is 3. The highest BCUT2D eigenvalue weighted by Crippen LogP contribution is 2.32. The van der Waals surface area contributed by atoms with E-state index in [1.54, 1.807) is 36.4 Å². The first-order valence-corrected chi connectivity index (χ1v) is 9.89. The Balaban J connectivity index is 1.81. The molecule has 0 bridgehead atoms. The fraction of sp³-hybridized carbons (Fsp3) is 0.0435. The Morgan fingerprint density at radius 1 is 0.938 bits per heavy atom. The highest BCUT2D eigenvalue weighted by molar-refractivity contribution is 9.10. The molecule has 3 aromatic rings. The predicted octanol–water partition coefficient (Wildman–Crippen LogP) is 6.12. The van der Waals surface area contributed by atoms with Crippen molar-refractivity contribution in [1.82, 2.24) is 5.32 Å². The quantitative estimate of drug-likeness (QED) is 0.396. The summed E-state index contributed by atoms with van der Waals surface area (Å²) in [4.78, 5) is 23.9. The molecule has 2 N–H and O–H groups in total. The van der Waals surface area contributed by atoms with Crippen molar-refractivity contribution in [1.29, 1.82) is 0 Å². The topological polar surface area (TPSA) is 75.6 Å². The van der Waals surface area contributed by atoms with Gasteiger partial charge in [0.2, 0.25) is 0 Å². The zero-order valence-electron chi connectivity index (χ0n) is 16.2. The van der Waals surface area contributed by atoms with Gasteiger partial charge in [0, 0.05) is 0 Å². The summed E-state index contributed by atoms with van der Waals surface area (Å²) in [5.41, 5.74) is -2.02. The molecule has 3 rings (SSSR count). The zero-order valence-corrected chi connectivity index (χ0v) is 17.8. The number of benzene rings is 3. The summed E-state index contributed by atoms with van der Waals surface area (Å²) in [6.45, 7) is 0. The lowest BCUT2D eigenvalue weighted by Crippen LogP contribution is -2.29. The van der Waals surface area contributed by atoms with Gasteiger partial charge in [-0.3, -0.25) is 4.79 Å². The van der Waals surface area contributed by atoms with Crippen molar-refractivity contribution in [3.63, 3.8) is 0 Å². The molecule has 0 atom stereocenters. The number of rotatable bonds is 6. The van der Waals surface area contributed by atoms with E-state index < -0.39 is 34.9 Å². The van der Waals surface area contributed by atoms with Crippen LogP contribution in [0, 0.1) is 0 Å². The molecule has 0 spiro atoms. The van der Waals surface area contributed by atoms with E-state index in [-0.39, 0.29) is 0 Å². The van der Waals surface area contributed by atoms with Gasteiger partial charge in [0.25, 0.3) is 5.91 Å². The fourth-order valence-electron chi connectivity index (χ4n) is 2.72. The second-order valence-electron chi connectivity index (χ2n) is 6.46. The normalized spacial score (nSPS) is 11.7. The molecule has 0 unspecified atom stereocenters. The van der Waals surface area contributed by atoms with Crippen molar-refractivity contribution in [2.45, 2.75) is 6.18 Å². The van der Waals surface area contributed by atoms with Gasteiger partial charge < -0.3 is 15.2 Å². The summed E-state index contributed by atoms with van der Waals surface area (Å²) < 4.78 is 45.9. The maximum atomic E-state index is 13.1. The van der Waals surface area contributed by atoms with Crippen LogP contribution in [0.25, 0.3) is 6.08 Å². The van der Waals surface area contributed by atoms with E-state index in [2.05, 4.69) is 15.9 Å². The molecule has 164 valence electrons. The first-order chi connectivity index (χ1) is 15.1. The van der Waals surface area contributed by atoms with Crippen LogP contribution in [0.2, 0.25) is 0 Å². The number of carbonyl (C=O) groups is 2. The van der Waals surface area contributed by atoms with Crippen LogP contribution in [0.4, 0.5) is 13.2 Å². The van der Waals surface area contributed by atoms with Crippen LogP contribution in [0.5, 0.6) is 11.5 Å². The lowest BCUT2D eigenvalue weighted by molar-refractivity contribution is -0.138. The number of aliphatic carboxylic acids is 1. The van der Waals surface area contributed by atoms with Crippen molar-refractivity contribution < 1.29 is 32.6 Å². The minimum Gasteiger partial charge on any atom is -0.477 e. The van der Waals surface area contributed by atoms with E-state index in [0.717, 1.165) is 28.7 Å². The maximum absolute atomic E-state index is 13.1. The van der Waals surface area contributed by atoms with E-state index >= 15 is 0 Å². The number of carboxylic acid groups (broad SMARTS) is 1. The summed E-state index contributed by atoms with van der Waals surface area (Å²) in [5, 5.41) is 11.4. The highest BCUT2D eigenvalue weighted by atomic mass is 79.9.